The van der Waals surface area contributed by atoms with Gasteiger partial charge in [-0.2, -0.15) is 0 Å². The first-order valence-electron chi connectivity index (χ1n) is 6.74. The van der Waals surface area contributed by atoms with Crippen molar-refractivity contribution >= 4 is 35.0 Å². The zero-order chi connectivity index (χ0) is 15.4. The van der Waals surface area contributed by atoms with Gasteiger partial charge in [-0.15, -0.1) is 0 Å². The van der Waals surface area contributed by atoms with Crippen LogP contribution in [-0.2, 0) is 16.1 Å². The molecule has 21 heavy (non-hydrogen) atoms. The highest BCUT2D eigenvalue weighted by molar-refractivity contribution is 6.33. The average Bonchev–Trinajstić information content (AvgIpc) is 2.96. The summed E-state index contributed by atoms with van der Waals surface area (Å²) >= 11 is 12.0. The highest BCUT2D eigenvalue weighted by Gasteiger charge is 2.33. The van der Waals surface area contributed by atoms with E-state index in [0.29, 0.717) is 23.0 Å². The van der Waals surface area contributed by atoms with Gasteiger partial charge in [0.2, 0.25) is 11.8 Å². The molecule has 1 heterocycles. The first-order valence-corrected chi connectivity index (χ1v) is 7.49. The Bertz CT molecular complexity index is 551. The van der Waals surface area contributed by atoms with Crippen LogP contribution in [0.25, 0.3) is 0 Å². The van der Waals surface area contributed by atoms with Crippen LogP contribution < -0.4 is 11.1 Å². The van der Waals surface area contributed by atoms with Gasteiger partial charge < -0.3 is 16.0 Å². The predicted octanol–water partition coefficient (Wildman–Crippen LogP) is 1.56. The van der Waals surface area contributed by atoms with E-state index in [1.807, 2.05) is 0 Å². The summed E-state index contributed by atoms with van der Waals surface area (Å²) in [7, 11) is 0. The zero-order valence-electron chi connectivity index (χ0n) is 11.4. The summed E-state index contributed by atoms with van der Waals surface area (Å²) in [5.74, 6) is -0.390. The van der Waals surface area contributed by atoms with Crippen molar-refractivity contribution in [1.29, 1.82) is 0 Å². The largest absolute Gasteiger partial charge is 0.350 e. The van der Waals surface area contributed by atoms with Crippen LogP contribution in [0.1, 0.15) is 18.4 Å². The second kappa shape index (κ2) is 7.11. The number of rotatable bonds is 4. The lowest BCUT2D eigenvalue weighted by Crippen LogP contribution is -2.47. The lowest BCUT2D eigenvalue weighted by atomic mass is 10.2. The molecule has 1 saturated heterocycles. The first kappa shape index (κ1) is 16.1. The van der Waals surface area contributed by atoms with Crippen LogP contribution in [0.2, 0.25) is 10.0 Å². The third kappa shape index (κ3) is 3.87. The molecule has 5 nitrogen and oxygen atoms in total. The highest BCUT2D eigenvalue weighted by atomic mass is 35.5. The molecule has 1 aromatic carbocycles. The summed E-state index contributed by atoms with van der Waals surface area (Å²) in [5.41, 5.74) is 6.10. The van der Waals surface area contributed by atoms with Gasteiger partial charge in [0.15, 0.2) is 0 Å². The van der Waals surface area contributed by atoms with Crippen LogP contribution in [-0.4, -0.2) is 35.8 Å². The molecule has 0 saturated carbocycles. The van der Waals surface area contributed by atoms with E-state index >= 15 is 0 Å². The second-order valence-corrected chi connectivity index (χ2v) is 5.75. The third-order valence-electron chi connectivity index (χ3n) is 3.51. The van der Waals surface area contributed by atoms with E-state index in [0.717, 1.165) is 12.0 Å². The predicted molar refractivity (Wildman–Crippen MR) is 82.1 cm³/mol. The van der Waals surface area contributed by atoms with Crippen molar-refractivity contribution in [1.82, 2.24) is 10.2 Å². The Morgan fingerprint density at radius 1 is 1.38 bits per heavy atom. The number of hydrogen-bond donors (Lipinski definition) is 2. The van der Waals surface area contributed by atoms with E-state index in [4.69, 9.17) is 28.9 Å². The summed E-state index contributed by atoms with van der Waals surface area (Å²) in [6.45, 7) is 0.773. The molecular formula is C14H17Cl2N3O2. The molecular weight excluding hydrogens is 313 g/mol. The van der Waals surface area contributed by atoms with Crippen LogP contribution >= 0.6 is 23.2 Å². The van der Waals surface area contributed by atoms with E-state index in [-0.39, 0.29) is 24.9 Å². The SMILES string of the molecule is NCC(=O)N1CCC[C@H]1C(=O)NCc1cc(Cl)ccc1Cl. The number of likely N-dealkylation sites (tertiary alicyclic amines) is 1. The maximum Gasteiger partial charge on any atom is 0.243 e. The van der Waals surface area contributed by atoms with Gasteiger partial charge >= 0.3 is 0 Å². The molecule has 0 aromatic heterocycles. The molecule has 1 atom stereocenters. The number of nitrogens with one attached hydrogen (secondary N) is 1. The van der Waals surface area contributed by atoms with Gasteiger partial charge in [-0.3, -0.25) is 9.59 Å². The molecule has 1 aliphatic rings. The maximum absolute atomic E-state index is 12.2. The van der Waals surface area contributed by atoms with Crippen LogP contribution in [0.3, 0.4) is 0 Å². The number of amides is 2. The monoisotopic (exact) mass is 329 g/mol. The molecule has 0 spiro atoms. The lowest BCUT2D eigenvalue weighted by molar-refractivity contribution is -0.137. The van der Waals surface area contributed by atoms with E-state index in [1.165, 1.54) is 4.90 Å². The van der Waals surface area contributed by atoms with Gasteiger partial charge in [-0.1, -0.05) is 23.2 Å². The summed E-state index contributed by atoms with van der Waals surface area (Å²) in [4.78, 5) is 25.4. The summed E-state index contributed by atoms with van der Waals surface area (Å²) in [6, 6.07) is 4.64. The summed E-state index contributed by atoms with van der Waals surface area (Å²) < 4.78 is 0. The number of nitrogens with zero attached hydrogens (tertiary/aromatic N) is 1. The normalized spacial score (nSPS) is 17.9. The molecule has 2 amide bonds. The number of carbonyl (C=O) groups is 2. The van der Waals surface area contributed by atoms with Crippen LogP contribution in [0.15, 0.2) is 18.2 Å². The Morgan fingerprint density at radius 3 is 2.86 bits per heavy atom. The summed E-state index contributed by atoms with van der Waals surface area (Å²) in [6.07, 6.45) is 1.46. The molecule has 0 aliphatic carbocycles. The smallest absolute Gasteiger partial charge is 0.243 e. The highest BCUT2D eigenvalue weighted by Crippen LogP contribution is 2.21. The molecule has 1 fully saturated rings. The topological polar surface area (TPSA) is 75.4 Å². The quantitative estimate of drug-likeness (QED) is 0.880. The molecule has 114 valence electrons. The Morgan fingerprint density at radius 2 is 2.14 bits per heavy atom. The van der Waals surface area contributed by atoms with Crippen molar-refractivity contribution in [2.75, 3.05) is 13.1 Å². The molecule has 2 rings (SSSR count). The van der Waals surface area contributed by atoms with E-state index in [1.54, 1.807) is 18.2 Å². The Labute approximate surface area is 133 Å². The van der Waals surface area contributed by atoms with Crippen molar-refractivity contribution in [3.05, 3.63) is 33.8 Å². The van der Waals surface area contributed by atoms with Gasteiger partial charge in [-0.25, -0.2) is 0 Å². The number of hydrogen-bond acceptors (Lipinski definition) is 3. The Balaban J connectivity index is 1.98. The molecule has 7 heteroatoms. The molecule has 1 aromatic rings. The zero-order valence-corrected chi connectivity index (χ0v) is 13.0. The minimum Gasteiger partial charge on any atom is -0.350 e. The lowest BCUT2D eigenvalue weighted by Gasteiger charge is -2.23. The fraction of sp³-hybridized carbons (Fsp3) is 0.429. The van der Waals surface area contributed by atoms with Gasteiger partial charge in [-0.05, 0) is 36.6 Å². The number of halogens is 2. The minimum atomic E-state index is -0.445. The molecule has 0 bridgehead atoms. The molecule has 0 radical (unpaired) electrons. The average molecular weight is 330 g/mol. The van der Waals surface area contributed by atoms with E-state index in [9.17, 15) is 9.59 Å². The first-order chi connectivity index (χ1) is 10.0. The maximum atomic E-state index is 12.2. The number of nitrogens with two attached hydrogens (primary N) is 1. The van der Waals surface area contributed by atoms with Crippen LogP contribution in [0.4, 0.5) is 0 Å². The van der Waals surface area contributed by atoms with Crippen molar-refractivity contribution in [3.8, 4) is 0 Å². The fourth-order valence-corrected chi connectivity index (χ4v) is 2.81. The van der Waals surface area contributed by atoms with Crippen molar-refractivity contribution < 1.29 is 9.59 Å². The standard InChI is InChI=1S/C14H17Cl2N3O2/c15-10-3-4-11(16)9(6-10)8-18-14(21)12-2-1-5-19(12)13(20)7-17/h3-4,6,12H,1-2,5,7-8,17H2,(H,18,21)/t12-/m0/s1. The summed E-state index contributed by atoms with van der Waals surface area (Å²) in [5, 5.41) is 3.90. The Hall–Kier alpha value is -1.30. The van der Waals surface area contributed by atoms with Crippen LogP contribution in [0.5, 0.6) is 0 Å². The van der Waals surface area contributed by atoms with Crippen LogP contribution in [0, 0.1) is 0 Å². The molecule has 0 unspecified atom stereocenters. The van der Waals surface area contributed by atoms with Crippen molar-refractivity contribution in [2.45, 2.75) is 25.4 Å². The Kier molecular flexibility index (Phi) is 5.45. The van der Waals surface area contributed by atoms with E-state index < -0.39 is 6.04 Å². The second-order valence-electron chi connectivity index (χ2n) is 4.90. The molecule has 3 N–H and O–H groups in total. The van der Waals surface area contributed by atoms with E-state index in [2.05, 4.69) is 5.32 Å². The number of benzene rings is 1. The van der Waals surface area contributed by atoms with Crippen molar-refractivity contribution in [2.24, 2.45) is 5.73 Å². The van der Waals surface area contributed by atoms with Gasteiger partial charge in [0.1, 0.15) is 6.04 Å². The molecule has 1 aliphatic heterocycles. The number of carbonyl (C=O) groups excluding carboxylic acids is 2. The van der Waals surface area contributed by atoms with Crippen molar-refractivity contribution in [3.63, 3.8) is 0 Å². The van der Waals surface area contributed by atoms with Gasteiger partial charge in [0, 0.05) is 23.1 Å². The van der Waals surface area contributed by atoms with Gasteiger partial charge in [0.25, 0.3) is 0 Å². The fourth-order valence-electron chi connectivity index (χ4n) is 2.43. The minimum absolute atomic E-state index is 0.0795. The third-order valence-corrected chi connectivity index (χ3v) is 4.12. The van der Waals surface area contributed by atoms with Gasteiger partial charge in [0.05, 0.1) is 6.54 Å².